The van der Waals surface area contributed by atoms with Gasteiger partial charge in [0.05, 0.1) is 12.4 Å². The summed E-state index contributed by atoms with van der Waals surface area (Å²) in [6.45, 7) is 5.10. The van der Waals surface area contributed by atoms with Crippen molar-refractivity contribution in [2.24, 2.45) is 11.8 Å². The summed E-state index contributed by atoms with van der Waals surface area (Å²) in [4.78, 5) is 10.5. The van der Waals surface area contributed by atoms with Crippen LogP contribution in [0.2, 0.25) is 0 Å². The monoisotopic (exact) mass is 242 g/mol. The van der Waals surface area contributed by atoms with Crippen molar-refractivity contribution in [3.63, 3.8) is 0 Å². The molecule has 0 aromatic heterocycles. The van der Waals surface area contributed by atoms with Crippen LogP contribution >= 0.6 is 10.7 Å². The molecule has 84 valence electrons. The number of ether oxygens (including phenoxy) is 1. The number of carbonyl (C=O) groups is 1. The average molecular weight is 243 g/mol. The zero-order valence-electron chi connectivity index (χ0n) is 8.49. The van der Waals surface area contributed by atoms with Gasteiger partial charge in [-0.25, -0.2) is 8.42 Å². The fraction of sp³-hybridized carbons (Fsp3) is 0.875. The summed E-state index contributed by atoms with van der Waals surface area (Å²) >= 11 is 0. The molecule has 1 atom stereocenters. The number of hydrogen-bond acceptors (Lipinski definition) is 4. The molecule has 0 radical (unpaired) electrons. The molecule has 0 N–H and O–H groups in total. The van der Waals surface area contributed by atoms with Gasteiger partial charge in [0.15, 0.2) is 0 Å². The van der Waals surface area contributed by atoms with Gasteiger partial charge in [-0.3, -0.25) is 4.79 Å². The predicted octanol–water partition coefficient (Wildman–Crippen LogP) is 1.39. The molecule has 0 bridgehead atoms. The summed E-state index contributed by atoms with van der Waals surface area (Å²) in [7, 11) is 1.58. The maximum Gasteiger partial charge on any atom is 0.302 e. The van der Waals surface area contributed by atoms with Crippen LogP contribution in [0.25, 0.3) is 0 Å². The highest BCUT2D eigenvalue weighted by molar-refractivity contribution is 8.13. The third-order valence-electron chi connectivity index (χ3n) is 1.86. The Morgan fingerprint density at radius 3 is 2.21 bits per heavy atom. The summed E-state index contributed by atoms with van der Waals surface area (Å²) in [6, 6.07) is 0. The highest BCUT2D eigenvalue weighted by Crippen LogP contribution is 2.16. The van der Waals surface area contributed by atoms with Crippen LogP contribution in [0.3, 0.4) is 0 Å². The van der Waals surface area contributed by atoms with Gasteiger partial charge in [0.2, 0.25) is 9.05 Å². The molecule has 0 fully saturated rings. The van der Waals surface area contributed by atoms with Crippen LogP contribution in [0.5, 0.6) is 0 Å². The summed E-state index contributed by atoms with van der Waals surface area (Å²) in [5.74, 6) is -0.730. The molecule has 4 nitrogen and oxygen atoms in total. The topological polar surface area (TPSA) is 60.4 Å². The average Bonchev–Trinajstić information content (AvgIpc) is 1.94. The van der Waals surface area contributed by atoms with Crippen molar-refractivity contribution in [3.05, 3.63) is 0 Å². The van der Waals surface area contributed by atoms with Crippen LogP contribution in [0.1, 0.15) is 20.8 Å². The normalized spacial score (nSPS) is 14.1. The summed E-state index contributed by atoms with van der Waals surface area (Å²) in [5.41, 5.74) is 0. The number of halogens is 1. The van der Waals surface area contributed by atoms with Crippen LogP contribution in [0.15, 0.2) is 0 Å². The fourth-order valence-electron chi connectivity index (χ4n) is 0.913. The first kappa shape index (κ1) is 13.7. The maximum absolute atomic E-state index is 10.8. The lowest BCUT2D eigenvalue weighted by Gasteiger charge is -2.18. The minimum absolute atomic E-state index is 0.0962. The number of hydrogen-bond donors (Lipinski definition) is 0. The number of carbonyl (C=O) groups excluding carboxylic acids is 1. The van der Waals surface area contributed by atoms with Crippen molar-refractivity contribution in [1.82, 2.24) is 0 Å². The Kier molecular flexibility index (Phi) is 5.44. The van der Waals surface area contributed by atoms with E-state index in [9.17, 15) is 13.2 Å². The van der Waals surface area contributed by atoms with Gasteiger partial charge in [-0.05, 0) is 5.92 Å². The molecule has 0 heterocycles. The Morgan fingerprint density at radius 1 is 1.43 bits per heavy atom. The third kappa shape index (κ3) is 7.15. The second-order valence-corrected chi connectivity index (χ2v) is 6.33. The number of rotatable bonds is 5. The van der Waals surface area contributed by atoms with E-state index in [1.165, 1.54) is 6.92 Å². The van der Waals surface area contributed by atoms with Gasteiger partial charge < -0.3 is 4.74 Å². The second kappa shape index (κ2) is 5.56. The van der Waals surface area contributed by atoms with Crippen LogP contribution in [0, 0.1) is 11.8 Å². The zero-order valence-corrected chi connectivity index (χ0v) is 10.1. The highest BCUT2D eigenvalue weighted by atomic mass is 35.7. The largest absolute Gasteiger partial charge is 0.466 e. The molecule has 0 amide bonds. The van der Waals surface area contributed by atoms with Gasteiger partial charge in [0.1, 0.15) is 0 Å². The Bertz CT molecular complexity index is 284. The molecule has 1 unspecified atom stereocenters. The third-order valence-corrected chi connectivity index (χ3v) is 3.06. The van der Waals surface area contributed by atoms with Gasteiger partial charge in [-0.15, -0.1) is 0 Å². The molecule has 0 aromatic rings. The molecule has 14 heavy (non-hydrogen) atoms. The van der Waals surface area contributed by atoms with Gasteiger partial charge in [-0.2, -0.15) is 0 Å². The molecule has 0 rings (SSSR count). The first-order valence-corrected chi connectivity index (χ1v) is 6.76. The molecule has 6 heteroatoms. The van der Waals surface area contributed by atoms with Crippen molar-refractivity contribution in [2.75, 3.05) is 12.4 Å². The standard InChI is InChI=1S/C8H15ClO4S/c1-6(2)8(4-13-7(3)10)5-14(9,11)12/h6,8H,4-5H2,1-3H3. The predicted molar refractivity (Wildman–Crippen MR) is 54.6 cm³/mol. The summed E-state index contributed by atoms with van der Waals surface area (Å²) < 4.78 is 26.4. The Hall–Kier alpha value is -0.290. The van der Waals surface area contributed by atoms with E-state index in [2.05, 4.69) is 0 Å². The van der Waals surface area contributed by atoms with Gasteiger partial charge >= 0.3 is 5.97 Å². The van der Waals surface area contributed by atoms with E-state index in [1.807, 2.05) is 13.8 Å². The molecular formula is C8H15ClO4S. The lowest BCUT2D eigenvalue weighted by atomic mass is 9.99. The van der Waals surface area contributed by atoms with E-state index in [1.54, 1.807) is 0 Å². The smallest absolute Gasteiger partial charge is 0.302 e. The van der Waals surface area contributed by atoms with Crippen molar-refractivity contribution < 1.29 is 17.9 Å². The molecule has 0 saturated carbocycles. The van der Waals surface area contributed by atoms with Crippen LogP contribution in [-0.4, -0.2) is 26.7 Å². The van der Waals surface area contributed by atoms with Crippen molar-refractivity contribution in [1.29, 1.82) is 0 Å². The molecule has 0 spiro atoms. The zero-order chi connectivity index (χ0) is 11.4. The first-order valence-electron chi connectivity index (χ1n) is 4.28. The minimum Gasteiger partial charge on any atom is -0.466 e. The van der Waals surface area contributed by atoms with Gasteiger partial charge in [0.25, 0.3) is 0 Å². The fourth-order valence-corrected chi connectivity index (χ4v) is 2.39. The van der Waals surface area contributed by atoms with Crippen molar-refractivity contribution in [2.45, 2.75) is 20.8 Å². The molecule has 0 aliphatic carbocycles. The van der Waals surface area contributed by atoms with E-state index in [-0.39, 0.29) is 24.2 Å². The van der Waals surface area contributed by atoms with Crippen molar-refractivity contribution >= 4 is 25.7 Å². The lowest BCUT2D eigenvalue weighted by Crippen LogP contribution is -2.24. The summed E-state index contributed by atoms with van der Waals surface area (Å²) in [6.07, 6.45) is 0. The minimum atomic E-state index is -3.54. The second-order valence-electron chi connectivity index (χ2n) is 3.51. The van der Waals surface area contributed by atoms with Crippen LogP contribution in [0.4, 0.5) is 0 Å². The lowest BCUT2D eigenvalue weighted by molar-refractivity contribution is -0.142. The maximum atomic E-state index is 10.8. The SMILES string of the molecule is CC(=O)OCC(CS(=O)(=O)Cl)C(C)C. The van der Waals surface area contributed by atoms with Crippen molar-refractivity contribution in [3.8, 4) is 0 Å². The van der Waals surface area contributed by atoms with Crippen LogP contribution < -0.4 is 0 Å². The highest BCUT2D eigenvalue weighted by Gasteiger charge is 2.21. The van der Waals surface area contributed by atoms with E-state index in [0.717, 1.165) is 0 Å². The summed E-state index contributed by atoms with van der Waals surface area (Å²) in [5, 5.41) is 0. The first-order chi connectivity index (χ1) is 6.22. The van der Waals surface area contributed by atoms with E-state index >= 15 is 0 Å². The molecule has 0 aliphatic rings. The Morgan fingerprint density at radius 2 is 1.93 bits per heavy atom. The molecule has 0 aliphatic heterocycles. The Balaban J connectivity index is 4.24. The van der Waals surface area contributed by atoms with E-state index in [0.29, 0.717) is 0 Å². The quantitative estimate of drug-likeness (QED) is 0.540. The Labute approximate surface area is 89.0 Å². The van der Waals surface area contributed by atoms with E-state index in [4.69, 9.17) is 15.4 Å². The molecule has 0 aromatic carbocycles. The molecular weight excluding hydrogens is 228 g/mol. The van der Waals surface area contributed by atoms with E-state index < -0.39 is 15.0 Å². The number of esters is 1. The van der Waals surface area contributed by atoms with Gasteiger partial charge in [-0.1, -0.05) is 13.8 Å². The van der Waals surface area contributed by atoms with Gasteiger partial charge in [0, 0.05) is 23.5 Å². The van der Waals surface area contributed by atoms with Crippen LogP contribution in [-0.2, 0) is 18.6 Å². The molecule has 0 saturated heterocycles.